The smallest absolute Gasteiger partial charge is 0.256 e. The maximum absolute atomic E-state index is 12.7. The summed E-state index contributed by atoms with van der Waals surface area (Å²) in [4.78, 5) is 30.1. The van der Waals surface area contributed by atoms with E-state index in [-0.39, 0.29) is 11.8 Å². The summed E-state index contributed by atoms with van der Waals surface area (Å²) in [6.07, 6.45) is 1.48. The molecule has 1 aliphatic rings. The van der Waals surface area contributed by atoms with Gasteiger partial charge in [-0.05, 0) is 12.3 Å². The summed E-state index contributed by atoms with van der Waals surface area (Å²) in [6.45, 7) is 2.68. The summed E-state index contributed by atoms with van der Waals surface area (Å²) >= 11 is 6.07. The number of amides is 2. The normalized spacial score (nSPS) is 18.7. The molecule has 1 N–H and O–H groups in total. The van der Waals surface area contributed by atoms with Crippen LogP contribution in [0.1, 0.15) is 17.3 Å². The van der Waals surface area contributed by atoms with Crippen LogP contribution >= 0.6 is 11.6 Å². The van der Waals surface area contributed by atoms with Crippen LogP contribution < -0.4 is 5.32 Å². The average Bonchev–Trinajstić information content (AvgIpc) is 2.50. The third-order valence-electron chi connectivity index (χ3n) is 3.74. The largest absolute Gasteiger partial charge is 0.353 e. The number of piperazine rings is 1. The lowest BCUT2D eigenvalue weighted by Crippen LogP contribution is -2.55. The van der Waals surface area contributed by atoms with Gasteiger partial charge in [0.25, 0.3) is 5.91 Å². The molecule has 3 rings (SSSR count). The van der Waals surface area contributed by atoms with Crippen molar-refractivity contribution in [3.05, 3.63) is 41.2 Å². The molecule has 0 radical (unpaired) electrons. The molecule has 6 heteroatoms. The van der Waals surface area contributed by atoms with Crippen molar-refractivity contribution in [2.24, 2.45) is 0 Å². The SMILES string of the molecule is CC1C(=O)NCCN1C(=O)c1cnc(Cl)c2ccccc12. The molecule has 2 amide bonds. The van der Waals surface area contributed by atoms with Crippen LogP contribution in [0.4, 0.5) is 0 Å². The predicted molar refractivity (Wildman–Crippen MR) is 80.3 cm³/mol. The van der Waals surface area contributed by atoms with Crippen LogP contribution in [-0.4, -0.2) is 40.8 Å². The first-order valence-electron chi connectivity index (χ1n) is 6.71. The summed E-state index contributed by atoms with van der Waals surface area (Å²) < 4.78 is 0. The number of hydrogen-bond acceptors (Lipinski definition) is 3. The number of carbonyl (C=O) groups excluding carboxylic acids is 2. The van der Waals surface area contributed by atoms with Gasteiger partial charge in [-0.15, -0.1) is 0 Å². The number of aromatic nitrogens is 1. The number of carbonyl (C=O) groups is 2. The number of hydrogen-bond donors (Lipinski definition) is 1. The highest BCUT2D eigenvalue weighted by Crippen LogP contribution is 2.25. The molecule has 5 nitrogen and oxygen atoms in total. The van der Waals surface area contributed by atoms with Gasteiger partial charge in [0, 0.05) is 24.7 Å². The van der Waals surface area contributed by atoms with Crippen LogP contribution in [0.15, 0.2) is 30.5 Å². The molecule has 1 aromatic carbocycles. The van der Waals surface area contributed by atoms with Crippen LogP contribution in [0.2, 0.25) is 5.15 Å². The minimum atomic E-state index is -0.485. The minimum absolute atomic E-state index is 0.138. The summed E-state index contributed by atoms with van der Waals surface area (Å²) in [5.41, 5.74) is 0.469. The van der Waals surface area contributed by atoms with E-state index in [2.05, 4.69) is 10.3 Å². The highest BCUT2D eigenvalue weighted by atomic mass is 35.5. The Morgan fingerprint density at radius 2 is 2.10 bits per heavy atom. The number of pyridine rings is 1. The van der Waals surface area contributed by atoms with Crippen molar-refractivity contribution >= 4 is 34.2 Å². The Morgan fingerprint density at radius 3 is 2.86 bits per heavy atom. The third-order valence-corrected chi connectivity index (χ3v) is 4.04. The van der Waals surface area contributed by atoms with Crippen LogP contribution in [0.5, 0.6) is 0 Å². The van der Waals surface area contributed by atoms with Crippen molar-refractivity contribution in [1.82, 2.24) is 15.2 Å². The van der Waals surface area contributed by atoms with E-state index in [9.17, 15) is 9.59 Å². The molecule has 1 aliphatic heterocycles. The molecule has 2 heterocycles. The van der Waals surface area contributed by atoms with E-state index in [1.165, 1.54) is 6.20 Å². The maximum Gasteiger partial charge on any atom is 0.256 e. The Balaban J connectivity index is 2.06. The van der Waals surface area contributed by atoms with E-state index < -0.39 is 6.04 Å². The second kappa shape index (κ2) is 5.33. The molecule has 1 fully saturated rings. The number of nitrogens with zero attached hydrogens (tertiary/aromatic N) is 2. The second-order valence-corrected chi connectivity index (χ2v) is 5.33. The third kappa shape index (κ3) is 2.34. The van der Waals surface area contributed by atoms with E-state index >= 15 is 0 Å². The van der Waals surface area contributed by atoms with Crippen molar-refractivity contribution in [2.75, 3.05) is 13.1 Å². The van der Waals surface area contributed by atoms with E-state index in [1.54, 1.807) is 11.8 Å². The molecule has 0 aliphatic carbocycles. The molecule has 1 unspecified atom stereocenters. The monoisotopic (exact) mass is 303 g/mol. The predicted octanol–water partition coefficient (Wildman–Crippen LogP) is 1.85. The molecule has 1 atom stereocenters. The molecule has 0 bridgehead atoms. The molecule has 0 spiro atoms. The van der Waals surface area contributed by atoms with Crippen LogP contribution in [0.25, 0.3) is 10.8 Å². The van der Waals surface area contributed by atoms with Gasteiger partial charge in [-0.1, -0.05) is 35.9 Å². The number of rotatable bonds is 1. The van der Waals surface area contributed by atoms with Crippen molar-refractivity contribution in [3.8, 4) is 0 Å². The van der Waals surface area contributed by atoms with Gasteiger partial charge in [-0.3, -0.25) is 9.59 Å². The first kappa shape index (κ1) is 13.8. The first-order valence-corrected chi connectivity index (χ1v) is 7.09. The molecular formula is C15H14ClN3O2. The quantitative estimate of drug-likeness (QED) is 0.818. The lowest BCUT2D eigenvalue weighted by molar-refractivity contribution is -0.127. The average molecular weight is 304 g/mol. The van der Waals surface area contributed by atoms with Crippen LogP contribution in [0, 0.1) is 0 Å². The maximum atomic E-state index is 12.7. The summed E-state index contributed by atoms with van der Waals surface area (Å²) in [7, 11) is 0. The van der Waals surface area contributed by atoms with E-state index in [4.69, 9.17) is 11.6 Å². The van der Waals surface area contributed by atoms with Gasteiger partial charge in [0.15, 0.2) is 0 Å². The van der Waals surface area contributed by atoms with Crippen LogP contribution in [-0.2, 0) is 4.79 Å². The Bertz CT molecular complexity index is 732. The highest BCUT2D eigenvalue weighted by molar-refractivity contribution is 6.34. The van der Waals surface area contributed by atoms with Crippen molar-refractivity contribution in [2.45, 2.75) is 13.0 Å². The van der Waals surface area contributed by atoms with Crippen molar-refractivity contribution < 1.29 is 9.59 Å². The van der Waals surface area contributed by atoms with E-state index in [1.807, 2.05) is 24.3 Å². The molecule has 0 saturated carbocycles. The van der Waals surface area contributed by atoms with Gasteiger partial charge in [-0.25, -0.2) is 4.98 Å². The molecule has 21 heavy (non-hydrogen) atoms. The number of benzene rings is 1. The summed E-state index contributed by atoms with van der Waals surface area (Å²) in [5.74, 6) is -0.335. The van der Waals surface area contributed by atoms with Gasteiger partial charge in [-0.2, -0.15) is 0 Å². The fourth-order valence-corrected chi connectivity index (χ4v) is 2.76. The molecule has 2 aromatic rings. The zero-order valence-electron chi connectivity index (χ0n) is 11.5. The molecule has 1 aromatic heterocycles. The lowest BCUT2D eigenvalue weighted by atomic mass is 10.1. The molecular weight excluding hydrogens is 290 g/mol. The Hall–Kier alpha value is -2.14. The number of halogens is 1. The number of nitrogens with one attached hydrogen (secondary N) is 1. The Labute approximate surface area is 126 Å². The highest BCUT2D eigenvalue weighted by Gasteiger charge is 2.30. The van der Waals surface area contributed by atoms with Crippen molar-refractivity contribution in [3.63, 3.8) is 0 Å². The summed E-state index contributed by atoms with van der Waals surface area (Å²) in [6, 6.07) is 6.88. The zero-order valence-corrected chi connectivity index (χ0v) is 12.2. The first-order chi connectivity index (χ1) is 10.1. The second-order valence-electron chi connectivity index (χ2n) is 4.97. The topological polar surface area (TPSA) is 62.3 Å². The lowest BCUT2D eigenvalue weighted by Gasteiger charge is -2.33. The minimum Gasteiger partial charge on any atom is -0.353 e. The van der Waals surface area contributed by atoms with Gasteiger partial charge < -0.3 is 10.2 Å². The van der Waals surface area contributed by atoms with Gasteiger partial charge in [0.2, 0.25) is 5.91 Å². The Kier molecular flexibility index (Phi) is 3.51. The van der Waals surface area contributed by atoms with E-state index in [0.717, 1.165) is 10.8 Å². The van der Waals surface area contributed by atoms with E-state index in [0.29, 0.717) is 23.8 Å². The molecule has 1 saturated heterocycles. The molecule has 108 valence electrons. The van der Waals surface area contributed by atoms with Crippen LogP contribution in [0.3, 0.4) is 0 Å². The zero-order chi connectivity index (χ0) is 15.0. The fourth-order valence-electron chi connectivity index (χ4n) is 2.54. The van der Waals surface area contributed by atoms with Gasteiger partial charge >= 0.3 is 0 Å². The standard InChI is InChI=1S/C15H14ClN3O2/c1-9-14(20)17-6-7-19(9)15(21)12-8-18-13(16)11-5-3-2-4-10(11)12/h2-5,8-9H,6-7H2,1H3,(H,17,20). The van der Waals surface area contributed by atoms with Gasteiger partial charge in [0.1, 0.15) is 11.2 Å². The number of fused-ring (bicyclic) bond motifs is 1. The fraction of sp³-hybridized carbons (Fsp3) is 0.267. The van der Waals surface area contributed by atoms with Gasteiger partial charge in [0.05, 0.1) is 5.56 Å². The summed E-state index contributed by atoms with van der Waals surface area (Å²) in [5, 5.41) is 4.60. The Morgan fingerprint density at radius 1 is 1.38 bits per heavy atom. The van der Waals surface area contributed by atoms with Crippen molar-refractivity contribution in [1.29, 1.82) is 0 Å².